The highest BCUT2D eigenvalue weighted by Gasteiger charge is 2.19. The number of aromatic nitrogens is 3. The van der Waals surface area contributed by atoms with Gasteiger partial charge in [-0.3, -0.25) is 4.79 Å². The highest BCUT2D eigenvalue weighted by Crippen LogP contribution is 2.25. The van der Waals surface area contributed by atoms with Gasteiger partial charge in [0.25, 0.3) is 0 Å². The molecule has 0 aliphatic heterocycles. The van der Waals surface area contributed by atoms with Crippen molar-refractivity contribution in [2.75, 3.05) is 11.1 Å². The third-order valence-electron chi connectivity index (χ3n) is 4.15. The molecular formula is C21H24N4O2S. The van der Waals surface area contributed by atoms with Gasteiger partial charge < -0.3 is 14.6 Å². The van der Waals surface area contributed by atoms with E-state index in [1.54, 1.807) is 0 Å². The van der Waals surface area contributed by atoms with Gasteiger partial charge in [0.05, 0.1) is 5.75 Å². The van der Waals surface area contributed by atoms with Crippen molar-refractivity contribution in [3.63, 3.8) is 0 Å². The molecule has 1 N–H and O–H groups in total. The van der Waals surface area contributed by atoms with Crippen LogP contribution in [0.5, 0.6) is 5.75 Å². The summed E-state index contributed by atoms with van der Waals surface area (Å²) in [4.78, 5) is 12.2. The Labute approximate surface area is 169 Å². The molecule has 0 aliphatic rings. The van der Waals surface area contributed by atoms with E-state index in [1.165, 1.54) is 17.3 Å². The van der Waals surface area contributed by atoms with Gasteiger partial charge in [-0.25, -0.2) is 0 Å². The lowest BCUT2D eigenvalue weighted by molar-refractivity contribution is -0.113. The number of thioether (sulfide) groups is 1. The lowest BCUT2D eigenvalue weighted by Crippen LogP contribution is -2.15. The molecule has 146 valence electrons. The molecule has 0 bridgehead atoms. The fraction of sp³-hybridized carbons (Fsp3) is 0.286. The van der Waals surface area contributed by atoms with Crippen LogP contribution in [0.3, 0.4) is 0 Å². The van der Waals surface area contributed by atoms with Crippen LogP contribution in [0, 0.1) is 6.92 Å². The van der Waals surface area contributed by atoms with E-state index in [2.05, 4.69) is 15.5 Å². The Hall–Kier alpha value is -2.80. The molecule has 1 atom stereocenters. The van der Waals surface area contributed by atoms with Crippen LogP contribution in [0.4, 0.5) is 5.69 Å². The number of nitrogens with zero attached hydrogens (tertiary/aromatic N) is 3. The van der Waals surface area contributed by atoms with Gasteiger partial charge in [-0.2, -0.15) is 0 Å². The summed E-state index contributed by atoms with van der Waals surface area (Å²) in [5.41, 5.74) is 1.97. The van der Waals surface area contributed by atoms with Crippen LogP contribution in [0.15, 0.2) is 59.8 Å². The van der Waals surface area contributed by atoms with Crippen molar-refractivity contribution in [3.05, 3.63) is 66.0 Å². The molecule has 0 spiro atoms. The summed E-state index contributed by atoms with van der Waals surface area (Å²) >= 11 is 1.37. The number of hydrogen-bond donors (Lipinski definition) is 1. The number of benzene rings is 2. The van der Waals surface area contributed by atoms with E-state index in [0.29, 0.717) is 11.7 Å². The maximum atomic E-state index is 12.2. The largest absolute Gasteiger partial charge is 0.483 e. The van der Waals surface area contributed by atoms with Gasteiger partial charge in [0.15, 0.2) is 17.1 Å². The number of ether oxygens (including phenoxy) is 1. The first kappa shape index (κ1) is 19.9. The van der Waals surface area contributed by atoms with Gasteiger partial charge in [0.1, 0.15) is 5.75 Å². The highest BCUT2D eigenvalue weighted by molar-refractivity contribution is 7.99. The predicted octanol–water partition coefficient (Wildman–Crippen LogP) is 4.48. The minimum Gasteiger partial charge on any atom is -0.483 e. The quantitative estimate of drug-likeness (QED) is 0.569. The highest BCUT2D eigenvalue weighted by atomic mass is 32.2. The van der Waals surface area contributed by atoms with Gasteiger partial charge in [-0.1, -0.05) is 47.7 Å². The summed E-state index contributed by atoms with van der Waals surface area (Å²) in [6.07, 6.45) is -0.248. The summed E-state index contributed by atoms with van der Waals surface area (Å²) in [6, 6.07) is 17.3. The summed E-state index contributed by atoms with van der Waals surface area (Å²) < 4.78 is 7.99. The SMILES string of the molecule is CCn1c(SCC(=O)Nc2ccccc2)nnc1C(C)Oc1ccc(C)cc1. The lowest BCUT2D eigenvalue weighted by Gasteiger charge is -2.15. The monoisotopic (exact) mass is 396 g/mol. The molecule has 3 aromatic rings. The summed E-state index contributed by atoms with van der Waals surface area (Å²) in [7, 11) is 0. The average molecular weight is 397 g/mol. The molecule has 2 aromatic carbocycles. The molecule has 0 saturated carbocycles. The maximum absolute atomic E-state index is 12.2. The normalized spacial score (nSPS) is 11.8. The number of anilines is 1. The number of hydrogen-bond acceptors (Lipinski definition) is 5. The van der Waals surface area contributed by atoms with Crippen molar-refractivity contribution < 1.29 is 9.53 Å². The van der Waals surface area contributed by atoms with Crippen LogP contribution in [-0.4, -0.2) is 26.4 Å². The molecule has 1 heterocycles. The fourth-order valence-electron chi connectivity index (χ4n) is 2.73. The summed E-state index contributed by atoms with van der Waals surface area (Å²) in [5.74, 6) is 1.72. The van der Waals surface area contributed by atoms with E-state index in [1.807, 2.05) is 79.9 Å². The van der Waals surface area contributed by atoms with Crippen molar-refractivity contribution in [1.29, 1.82) is 0 Å². The summed E-state index contributed by atoms with van der Waals surface area (Å²) in [6.45, 7) is 6.72. The van der Waals surface area contributed by atoms with Gasteiger partial charge >= 0.3 is 0 Å². The molecule has 7 heteroatoms. The average Bonchev–Trinajstić information content (AvgIpc) is 3.12. The maximum Gasteiger partial charge on any atom is 0.234 e. The second-order valence-electron chi connectivity index (χ2n) is 6.36. The van der Waals surface area contributed by atoms with Crippen LogP contribution in [0.1, 0.15) is 31.3 Å². The first-order chi connectivity index (χ1) is 13.6. The molecule has 3 rings (SSSR count). The second kappa shape index (κ2) is 9.41. The van der Waals surface area contributed by atoms with E-state index in [0.717, 1.165) is 17.3 Å². The van der Waals surface area contributed by atoms with Crippen LogP contribution in [0.25, 0.3) is 0 Å². The predicted molar refractivity (Wildman–Crippen MR) is 112 cm³/mol. The molecule has 0 aliphatic carbocycles. The molecule has 6 nitrogen and oxygen atoms in total. The Morgan fingerprint density at radius 2 is 1.86 bits per heavy atom. The standard InChI is InChI=1S/C21H24N4O2S/c1-4-25-20(16(3)27-18-12-10-15(2)11-13-18)23-24-21(25)28-14-19(26)22-17-8-6-5-7-9-17/h5-13,16H,4,14H2,1-3H3,(H,22,26). The van der Waals surface area contributed by atoms with Crippen LogP contribution in [0.2, 0.25) is 0 Å². The van der Waals surface area contributed by atoms with Gasteiger partial charge in [-0.05, 0) is 45.0 Å². The van der Waals surface area contributed by atoms with E-state index in [4.69, 9.17) is 4.74 Å². The van der Waals surface area contributed by atoms with E-state index in [9.17, 15) is 4.79 Å². The van der Waals surface area contributed by atoms with Crippen molar-refractivity contribution in [1.82, 2.24) is 14.8 Å². The molecule has 1 amide bonds. The molecule has 1 unspecified atom stereocenters. The van der Waals surface area contributed by atoms with Crippen LogP contribution < -0.4 is 10.1 Å². The Morgan fingerprint density at radius 3 is 2.54 bits per heavy atom. The molecule has 1 aromatic heterocycles. The van der Waals surface area contributed by atoms with E-state index < -0.39 is 0 Å². The van der Waals surface area contributed by atoms with Crippen molar-refractivity contribution in [2.24, 2.45) is 0 Å². The number of carbonyl (C=O) groups is 1. The third kappa shape index (κ3) is 5.13. The minimum atomic E-state index is -0.248. The van der Waals surface area contributed by atoms with Crippen LogP contribution >= 0.6 is 11.8 Å². The van der Waals surface area contributed by atoms with Gasteiger partial charge in [0.2, 0.25) is 5.91 Å². The number of nitrogens with one attached hydrogen (secondary N) is 1. The molecular weight excluding hydrogens is 372 g/mol. The number of rotatable bonds is 8. The fourth-order valence-corrected chi connectivity index (χ4v) is 3.54. The first-order valence-corrected chi connectivity index (χ1v) is 10.2. The van der Waals surface area contributed by atoms with Crippen molar-refractivity contribution in [3.8, 4) is 5.75 Å². The number of para-hydroxylation sites is 1. The Balaban J connectivity index is 1.62. The molecule has 0 radical (unpaired) electrons. The zero-order valence-electron chi connectivity index (χ0n) is 16.3. The third-order valence-corrected chi connectivity index (χ3v) is 5.12. The Kier molecular flexibility index (Phi) is 6.71. The number of aryl methyl sites for hydroxylation is 1. The molecule has 0 saturated heterocycles. The first-order valence-electron chi connectivity index (χ1n) is 9.21. The van der Waals surface area contributed by atoms with Gasteiger partial charge in [0, 0.05) is 12.2 Å². The molecule has 0 fully saturated rings. The van der Waals surface area contributed by atoms with Crippen molar-refractivity contribution >= 4 is 23.4 Å². The number of carbonyl (C=O) groups excluding carboxylic acids is 1. The smallest absolute Gasteiger partial charge is 0.234 e. The van der Waals surface area contributed by atoms with Crippen molar-refractivity contribution in [2.45, 2.75) is 38.6 Å². The zero-order valence-corrected chi connectivity index (χ0v) is 17.1. The Bertz CT molecular complexity index is 910. The molecule has 28 heavy (non-hydrogen) atoms. The topological polar surface area (TPSA) is 69.0 Å². The zero-order chi connectivity index (χ0) is 19.9. The van der Waals surface area contributed by atoms with E-state index >= 15 is 0 Å². The second-order valence-corrected chi connectivity index (χ2v) is 7.30. The summed E-state index contributed by atoms with van der Waals surface area (Å²) in [5, 5.41) is 12.1. The number of amides is 1. The van der Waals surface area contributed by atoms with Gasteiger partial charge in [-0.15, -0.1) is 10.2 Å². The minimum absolute atomic E-state index is 0.0765. The lowest BCUT2D eigenvalue weighted by atomic mass is 10.2. The Morgan fingerprint density at radius 1 is 1.14 bits per heavy atom. The van der Waals surface area contributed by atoms with E-state index in [-0.39, 0.29) is 17.8 Å². The van der Waals surface area contributed by atoms with Crippen LogP contribution in [-0.2, 0) is 11.3 Å².